The number of hydrogen-bond acceptors (Lipinski definition) is 10. The van der Waals surface area contributed by atoms with E-state index >= 15 is 0 Å². The topological polar surface area (TPSA) is 142 Å². The van der Waals surface area contributed by atoms with E-state index in [4.69, 9.17) is 33.8 Å². The van der Waals surface area contributed by atoms with Gasteiger partial charge < -0.3 is 34.1 Å². The van der Waals surface area contributed by atoms with Crippen LogP contribution in [0.5, 0.6) is 23.0 Å². The molecule has 0 unspecified atom stereocenters. The molecule has 4 aromatic rings. The molecule has 0 aliphatic carbocycles. The molecule has 50 heavy (non-hydrogen) atoms. The number of ether oxygens (including phenoxy) is 5. The van der Waals surface area contributed by atoms with Crippen LogP contribution in [0.25, 0.3) is 0 Å². The summed E-state index contributed by atoms with van der Waals surface area (Å²) >= 11 is 3.62. The highest BCUT2D eigenvalue weighted by molar-refractivity contribution is 9.10. The second-order valence-electron chi connectivity index (χ2n) is 11.4. The number of carbonyl (C=O) groups is 1. The van der Waals surface area contributed by atoms with Gasteiger partial charge in [-0.3, -0.25) is 4.79 Å². The van der Waals surface area contributed by atoms with Gasteiger partial charge in [-0.15, -0.1) is 0 Å². The zero-order valence-electron chi connectivity index (χ0n) is 27.9. The summed E-state index contributed by atoms with van der Waals surface area (Å²) < 4.78 is 56.8. The number of hydrogen-bond donors (Lipinski definition) is 2. The third-order valence-electron chi connectivity index (χ3n) is 8.31. The molecule has 0 spiro atoms. The van der Waals surface area contributed by atoms with Crippen LogP contribution in [0.3, 0.4) is 0 Å². The van der Waals surface area contributed by atoms with Crippen molar-refractivity contribution >= 4 is 37.6 Å². The van der Waals surface area contributed by atoms with Crippen LogP contribution < -0.4 is 24.3 Å². The number of aliphatic hydroxyl groups is 1. The van der Waals surface area contributed by atoms with Crippen molar-refractivity contribution in [3.05, 3.63) is 112 Å². The molecule has 13 heteroatoms. The number of nitrogens with zero attached hydrogens (tertiary/aromatic N) is 1. The maximum Gasteiger partial charge on any atom is 0.252 e. The molecule has 0 radical (unpaired) electrons. The van der Waals surface area contributed by atoms with Crippen LogP contribution in [0.15, 0.2) is 105 Å². The number of nitrogens with one attached hydrogen (secondary N) is 1. The van der Waals surface area contributed by atoms with Crippen molar-refractivity contribution in [3.8, 4) is 23.0 Å². The third-order valence-corrected chi connectivity index (χ3v) is 10.8. The number of halogens is 1. The quantitative estimate of drug-likeness (QED) is 0.138. The highest BCUT2D eigenvalue weighted by Crippen LogP contribution is 2.45. The van der Waals surface area contributed by atoms with E-state index in [1.807, 2.05) is 24.3 Å². The molecule has 1 aliphatic heterocycles. The largest absolute Gasteiger partial charge is 0.496 e. The maximum absolute atomic E-state index is 14.7. The van der Waals surface area contributed by atoms with Gasteiger partial charge in [-0.05, 0) is 42.5 Å². The van der Waals surface area contributed by atoms with Crippen LogP contribution >= 0.6 is 15.9 Å². The summed E-state index contributed by atoms with van der Waals surface area (Å²) in [5, 5.41) is 12.1. The highest BCUT2D eigenvalue weighted by Gasteiger charge is 2.54. The summed E-state index contributed by atoms with van der Waals surface area (Å²) in [4.78, 5) is 19.8. The molecule has 0 bridgehead atoms. The van der Waals surface area contributed by atoms with E-state index in [2.05, 4.69) is 21.2 Å². The average molecular weight is 768 g/mol. The van der Waals surface area contributed by atoms with Crippen molar-refractivity contribution in [3.63, 3.8) is 0 Å². The van der Waals surface area contributed by atoms with Crippen molar-refractivity contribution in [2.75, 3.05) is 40.3 Å². The SMILES string of the molecule is COc1cc(OC)c(CNC(=O)[C@]2(CCS(=O)(=O)c3ccccc3)N=C(c3ccc(OCCCO)cc3)O[C@@H]2c2ccccc2Br)c(OC)c1. The Balaban J connectivity index is 1.59. The average Bonchev–Trinajstić information content (AvgIpc) is 3.54. The van der Waals surface area contributed by atoms with Crippen LogP contribution in [-0.4, -0.2) is 71.2 Å². The lowest BCUT2D eigenvalue weighted by atomic mass is 9.85. The van der Waals surface area contributed by atoms with Crippen molar-refractivity contribution in [2.45, 2.75) is 35.9 Å². The van der Waals surface area contributed by atoms with Gasteiger partial charge in [0.25, 0.3) is 5.91 Å². The van der Waals surface area contributed by atoms with Crippen LogP contribution in [0.1, 0.15) is 35.6 Å². The zero-order chi connectivity index (χ0) is 35.7. The lowest BCUT2D eigenvalue weighted by Crippen LogP contribution is -2.49. The molecular weight excluding hydrogens is 728 g/mol. The molecule has 0 aromatic heterocycles. The summed E-state index contributed by atoms with van der Waals surface area (Å²) in [5.41, 5.74) is -0.00382. The number of benzene rings is 4. The van der Waals surface area contributed by atoms with Gasteiger partial charge in [0.1, 0.15) is 23.0 Å². The molecule has 4 aromatic carbocycles. The minimum atomic E-state index is -3.83. The molecule has 5 rings (SSSR count). The van der Waals surface area contributed by atoms with E-state index in [9.17, 15) is 13.2 Å². The fourth-order valence-electron chi connectivity index (χ4n) is 5.64. The predicted molar refractivity (Wildman–Crippen MR) is 192 cm³/mol. The molecule has 0 saturated carbocycles. The van der Waals surface area contributed by atoms with E-state index in [1.54, 1.807) is 54.6 Å². The Kier molecular flexibility index (Phi) is 12.0. The summed E-state index contributed by atoms with van der Waals surface area (Å²) in [7, 11) is 0.697. The first-order valence-electron chi connectivity index (χ1n) is 15.9. The molecule has 1 heterocycles. The normalized spacial score (nSPS) is 17.0. The minimum absolute atomic E-state index is 0.0152. The van der Waals surface area contributed by atoms with E-state index in [-0.39, 0.29) is 30.4 Å². The smallest absolute Gasteiger partial charge is 0.252 e. The molecule has 0 saturated heterocycles. The van der Waals surface area contributed by atoms with E-state index in [0.29, 0.717) is 57.2 Å². The molecule has 2 atom stereocenters. The summed E-state index contributed by atoms with van der Waals surface area (Å²) in [5.74, 6) is 1.17. The number of aliphatic imine (C=N–C) groups is 1. The standard InChI is InChI=1S/C37H39BrN2O9S/c1-45-27-22-32(46-2)30(33(23-27)47-3)24-39-36(42)37(18-21-50(43,44)28-10-5-4-6-11-28)34(29-12-7-8-13-31(29)38)49-35(40-37)25-14-16-26(17-15-25)48-20-9-19-41/h4-8,10-17,22-23,34,41H,9,18-21,24H2,1-3H3,(H,39,42)/t34-,37-/m1/s1. The number of methoxy groups -OCH3 is 3. The van der Waals surface area contributed by atoms with Crippen molar-refractivity contribution < 1.29 is 42.0 Å². The van der Waals surface area contributed by atoms with Crippen LogP contribution in [-0.2, 0) is 25.9 Å². The van der Waals surface area contributed by atoms with Gasteiger partial charge in [0, 0.05) is 47.2 Å². The van der Waals surface area contributed by atoms with Gasteiger partial charge in [-0.25, -0.2) is 13.4 Å². The van der Waals surface area contributed by atoms with Crippen LogP contribution in [0.4, 0.5) is 0 Å². The van der Waals surface area contributed by atoms with Crippen molar-refractivity contribution in [1.29, 1.82) is 0 Å². The van der Waals surface area contributed by atoms with Crippen LogP contribution in [0.2, 0.25) is 0 Å². The van der Waals surface area contributed by atoms with Crippen LogP contribution in [0, 0.1) is 0 Å². The third kappa shape index (κ3) is 8.06. The fraction of sp³-hybridized carbons (Fsp3) is 0.297. The Hall–Kier alpha value is -4.59. The van der Waals surface area contributed by atoms with Gasteiger partial charge in [0.05, 0.1) is 50.7 Å². The van der Waals surface area contributed by atoms with Gasteiger partial charge in [0.15, 0.2) is 21.5 Å². The molecule has 264 valence electrons. The Morgan fingerprint density at radius 2 is 1.58 bits per heavy atom. The lowest BCUT2D eigenvalue weighted by Gasteiger charge is -2.31. The number of rotatable bonds is 16. The summed E-state index contributed by atoms with van der Waals surface area (Å²) in [6, 6.07) is 25.8. The Morgan fingerprint density at radius 3 is 2.20 bits per heavy atom. The van der Waals surface area contributed by atoms with E-state index < -0.39 is 33.1 Å². The van der Waals surface area contributed by atoms with Gasteiger partial charge >= 0.3 is 0 Å². The molecular formula is C37H39BrN2O9S. The van der Waals surface area contributed by atoms with Gasteiger partial charge in [-0.2, -0.15) is 0 Å². The first kappa shape index (κ1) is 36.7. The Bertz CT molecular complexity index is 1900. The number of amides is 1. The molecule has 2 N–H and O–H groups in total. The van der Waals surface area contributed by atoms with Gasteiger partial charge in [-0.1, -0.05) is 52.3 Å². The second-order valence-corrected chi connectivity index (χ2v) is 14.3. The molecule has 1 amide bonds. The number of sulfone groups is 1. The minimum Gasteiger partial charge on any atom is -0.496 e. The fourth-order valence-corrected chi connectivity index (χ4v) is 7.52. The molecule has 11 nitrogen and oxygen atoms in total. The van der Waals surface area contributed by atoms with Crippen molar-refractivity contribution in [1.82, 2.24) is 5.32 Å². The first-order valence-corrected chi connectivity index (χ1v) is 18.3. The Labute approximate surface area is 300 Å². The molecule has 0 fully saturated rings. The lowest BCUT2D eigenvalue weighted by molar-refractivity contribution is -0.129. The van der Waals surface area contributed by atoms with E-state index in [1.165, 1.54) is 33.5 Å². The van der Waals surface area contributed by atoms with Gasteiger partial charge in [0.2, 0.25) is 5.90 Å². The Morgan fingerprint density at radius 1 is 0.920 bits per heavy atom. The first-order chi connectivity index (χ1) is 24.1. The highest BCUT2D eigenvalue weighted by atomic mass is 79.9. The predicted octanol–water partition coefficient (Wildman–Crippen LogP) is 5.67. The second kappa shape index (κ2) is 16.4. The monoisotopic (exact) mass is 766 g/mol. The maximum atomic E-state index is 14.7. The zero-order valence-corrected chi connectivity index (χ0v) is 30.3. The van der Waals surface area contributed by atoms with Crippen molar-refractivity contribution in [2.24, 2.45) is 4.99 Å². The number of carbonyl (C=O) groups excluding carboxylic acids is 1. The summed E-state index contributed by atoms with van der Waals surface area (Å²) in [6.07, 6.45) is -0.729. The molecule has 1 aliphatic rings. The van der Waals surface area contributed by atoms with E-state index in [0.717, 1.165) is 0 Å². The number of aliphatic hydroxyl groups excluding tert-OH is 1. The summed E-state index contributed by atoms with van der Waals surface area (Å²) in [6.45, 7) is 0.331.